The van der Waals surface area contributed by atoms with Crippen LogP contribution in [-0.2, 0) is 6.42 Å². The van der Waals surface area contributed by atoms with Crippen molar-refractivity contribution in [2.45, 2.75) is 13.3 Å². The highest BCUT2D eigenvalue weighted by Crippen LogP contribution is 2.24. The summed E-state index contributed by atoms with van der Waals surface area (Å²) < 4.78 is 0.981. The summed E-state index contributed by atoms with van der Waals surface area (Å²) in [4.78, 5) is 12.3. The van der Waals surface area contributed by atoms with Gasteiger partial charge in [-0.25, -0.2) is 0 Å². The Morgan fingerprint density at radius 3 is 2.75 bits per heavy atom. The summed E-state index contributed by atoms with van der Waals surface area (Å²) in [6.45, 7) is 2.03. The zero-order valence-corrected chi connectivity index (χ0v) is 13.3. The third kappa shape index (κ3) is 3.32. The molecule has 0 bridgehead atoms. The van der Waals surface area contributed by atoms with E-state index in [9.17, 15) is 4.79 Å². The van der Waals surface area contributed by atoms with Crippen molar-refractivity contribution in [2.24, 2.45) is 0 Å². The number of nitrogens with two attached hydrogens (primary N) is 1. The molecule has 2 aromatic carbocycles. The average molecular weight is 354 g/mol. The van der Waals surface area contributed by atoms with E-state index in [1.807, 2.05) is 25.1 Å². The smallest absolute Gasteiger partial charge is 0.257 e. The molecule has 1 amide bonds. The minimum atomic E-state index is -0.265. The molecule has 3 N–H and O–H groups in total. The number of halogens is 2. The minimum absolute atomic E-state index is 0.265. The van der Waals surface area contributed by atoms with Crippen molar-refractivity contribution in [3.63, 3.8) is 0 Å². The normalized spacial score (nSPS) is 10.3. The first-order chi connectivity index (χ1) is 9.51. The van der Waals surface area contributed by atoms with Crippen molar-refractivity contribution in [2.75, 3.05) is 11.1 Å². The molecule has 0 heterocycles. The predicted octanol–water partition coefficient (Wildman–Crippen LogP) is 4.50. The van der Waals surface area contributed by atoms with Gasteiger partial charge in [0, 0.05) is 15.8 Å². The van der Waals surface area contributed by atoms with E-state index in [1.165, 1.54) is 0 Å². The largest absolute Gasteiger partial charge is 0.399 e. The highest BCUT2D eigenvalue weighted by atomic mass is 79.9. The highest BCUT2D eigenvalue weighted by molar-refractivity contribution is 9.10. The van der Waals surface area contributed by atoms with Crippen LogP contribution in [0.5, 0.6) is 0 Å². The van der Waals surface area contributed by atoms with Crippen LogP contribution in [-0.4, -0.2) is 5.91 Å². The molecular weight excluding hydrogens is 340 g/mol. The standard InChI is InChI=1S/C15H14BrClN2O/c1-2-9-7-10(16)3-6-14(9)19-15(20)12-8-11(18)4-5-13(12)17/h3-8H,2,18H2,1H3,(H,19,20). The third-order valence-electron chi connectivity index (χ3n) is 2.93. The molecule has 0 aliphatic rings. The van der Waals surface area contributed by atoms with Gasteiger partial charge in [-0.2, -0.15) is 0 Å². The first-order valence-electron chi connectivity index (χ1n) is 6.16. The lowest BCUT2D eigenvalue weighted by molar-refractivity contribution is 0.102. The molecule has 0 atom stereocenters. The van der Waals surface area contributed by atoms with E-state index in [-0.39, 0.29) is 5.91 Å². The summed E-state index contributed by atoms with van der Waals surface area (Å²) in [5, 5.41) is 3.25. The van der Waals surface area contributed by atoms with E-state index in [4.69, 9.17) is 17.3 Å². The van der Waals surface area contributed by atoms with Crippen LogP contribution in [0.15, 0.2) is 40.9 Å². The fourth-order valence-corrected chi connectivity index (χ4v) is 2.50. The second-order valence-electron chi connectivity index (χ2n) is 4.35. The van der Waals surface area contributed by atoms with E-state index in [0.29, 0.717) is 16.3 Å². The summed E-state index contributed by atoms with van der Waals surface area (Å²) in [7, 11) is 0. The van der Waals surface area contributed by atoms with E-state index < -0.39 is 0 Å². The number of nitrogen functional groups attached to an aromatic ring is 1. The van der Waals surface area contributed by atoms with Gasteiger partial charge in [0.15, 0.2) is 0 Å². The molecule has 0 saturated carbocycles. The number of rotatable bonds is 3. The molecule has 2 aromatic rings. The zero-order chi connectivity index (χ0) is 14.7. The lowest BCUT2D eigenvalue weighted by atomic mass is 10.1. The number of nitrogens with one attached hydrogen (secondary N) is 1. The van der Waals surface area contributed by atoms with Gasteiger partial charge in [0.1, 0.15) is 0 Å². The molecule has 5 heteroatoms. The Labute approximate surface area is 131 Å². The molecule has 0 radical (unpaired) electrons. The Morgan fingerprint density at radius 1 is 1.30 bits per heavy atom. The Kier molecular flexibility index (Phi) is 4.68. The van der Waals surface area contributed by atoms with Crippen LogP contribution >= 0.6 is 27.5 Å². The number of benzene rings is 2. The fraction of sp³-hybridized carbons (Fsp3) is 0.133. The van der Waals surface area contributed by atoms with Gasteiger partial charge in [0.25, 0.3) is 5.91 Å². The Bertz CT molecular complexity index is 658. The SMILES string of the molecule is CCc1cc(Br)ccc1NC(=O)c1cc(N)ccc1Cl. The molecule has 0 fully saturated rings. The summed E-state index contributed by atoms with van der Waals surface area (Å²) in [5.74, 6) is -0.265. The number of carbonyl (C=O) groups is 1. The number of carbonyl (C=O) groups excluding carboxylic acids is 1. The van der Waals surface area contributed by atoms with Gasteiger partial charge >= 0.3 is 0 Å². The molecule has 0 aliphatic heterocycles. The lowest BCUT2D eigenvalue weighted by Gasteiger charge is -2.11. The summed E-state index contributed by atoms with van der Waals surface area (Å²) in [5.41, 5.74) is 8.39. The van der Waals surface area contributed by atoms with E-state index >= 15 is 0 Å². The third-order valence-corrected chi connectivity index (χ3v) is 3.75. The van der Waals surface area contributed by atoms with Crippen LogP contribution in [0.3, 0.4) is 0 Å². The fourth-order valence-electron chi connectivity index (χ4n) is 1.88. The predicted molar refractivity (Wildman–Crippen MR) is 87.3 cm³/mol. The zero-order valence-electron chi connectivity index (χ0n) is 10.9. The van der Waals surface area contributed by atoms with Crippen molar-refractivity contribution < 1.29 is 4.79 Å². The Balaban J connectivity index is 2.30. The number of hydrogen-bond donors (Lipinski definition) is 2. The summed E-state index contributed by atoms with van der Waals surface area (Å²) in [6.07, 6.45) is 0.819. The molecule has 3 nitrogen and oxygen atoms in total. The number of amides is 1. The van der Waals surface area contributed by atoms with Gasteiger partial charge in [-0.1, -0.05) is 34.5 Å². The number of aryl methyl sites for hydroxylation is 1. The molecule has 20 heavy (non-hydrogen) atoms. The van der Waals surface area contributed by atoms with Crippen molar-refractivity contribution in [3.05, 3.63) is 57.0 Å². The molecule has 104 valence electrons. The highest BCUT2D eigenvalue weighted by Gasteiger charge is 2.12. The second kappa shape index (κ2) is 6.29. The number of hydrogen-bond acceptors (Lipinski definition) is 2. The van der Waals surface area contributed by atoms with E-state index in [0.717, 1.165) is 22.1 Å². The second-order valence-corrected chi connectivity index (χ2v) is 5.67. The Hall–Kier alpha value is -1.52. The van der Waals surface area contributed by atoms with Crippen molar-refractivity contribution in [3.8, 4) is 0 Å². The quantitative estimate of drug-likeness (QED) is 0.798. The average Bonchev–Trinajstić information content (AvgIpc) is 2.43. The molecule has 0 aliphatic carbocycles. The number of anilines is 2. The summed E-state index contributed by atoms with van der Waals surface area (Å²) >= 11 is 9.45. The van der Waals surface area contributed by atoms with Crippen molar-refractivity contribution in [1.29, 1.82) is 0 Å². The molecule has 0 aromatic heterocycles. The van der Waals surface area contributed by atoms with Crippen LogP contribution in [0.2, 0.25) is 5.02 Å². The maximum Gasteiger partial charge on any atom is 0.257 e. The maximum absolute atomic E-state index is 12.3. The summed E-state index contributed by atoms with van der Waals surface area (Å²) in [6, 6.07) is 10.6. The minimum Gasteiger partial charge on any atom is -0.399 e. The van der Waals surface area contributed by atoms with Crippen LogP contribution in [0.1, 0.15) is 22.8 Å². The van der Waals surface area contributed by atoms with E-state index in [2.05, 4.69) is 21.2 Å². The molecule has 0 spiro atoms. The lowest BCUT2D eigenvalue weighted by Crippen LogP contribution is -2.14. The van der Waals surface area contributed by atoms with Gasteiger partial charge in [-0.05, 0) is 48.4 Å². The van der Waals surface area contributed by atoms with Crippen molar-refractivity contribution in [1.82, 2.24) is 0 Å². The first kappa shape index (κ1) is 14.9. The van der Waals surface area contributed by atoms with Gasteiger partial charge in [0.2, 0.25) is 0 Å². The van der Waals surface area contributed by atoms with Crippen LogP contribution < -0.4 is 11.1 Å². The van der Waals surface area contributed by atoms with Crippen LogP contribution in [0, 0.1) is 0 Å². The van der Waals surface area contributed by atoms with Crippen molar-refractivity contribution >= 4 is 44.8 Å². The molecular formula is C15H14BrClN2O. The monoisotopic (exact) mass is 352 g/mol. The maximum atomic E-state index is 12.3. The molecule has 0 saturated heterocycles. The molecule has 2 rings (SSSR count). The Morgan fingerprint density at radius 2 is 2.05 bits per heavy atom. The van der Waals surface area contributed by atoms with Crippen LogP contribution in [0.4, 0.5) is 11.4 Å². The van der Waals surface area contributed by atoms with E-state index in [1.54, 1.807) is 18.2 Å². The molecule has 0 unspecified atom stereocenters. The van der Waals surface area contributed by atoms with Gasteiger partial charge in [0.05, 0.1) is 10.6 Å². The van der Waals surface area contributed by atoms with Gasteiger partial charge in [-0.15, -0.1) is 0 Å². The topological polar surface area (TPSA) is 55.1 Å². The van der Waals surface area contributed by atoms with Gasteiger partial charge in [-0.3, -0.25) is 4.79 Å². The first-order valence-corrected chi connectivity index (χ1v) is 7.33. The van der Waals surface area contributed by atoms with Crippen LogP contribution in [0.25, 0.3) is 0 Å². The van der Waals surface area contributed by atoms with Gasteiger partial charge < -0.3 is 11.1 Å².